The molecule has 1 aliphatic rings. The van der Waals surface area contributed by atoms with E-state index in [4.69, 9.17) is 0 Å². The van der Waals surface area contributed by atoms with E-state index in [1.165, 1.54) is 11.1 Å². The fraction of sp³-hybridized carbons (Fsp3) is 0.308. The molecule has 0 saturated heterocycles. The molecule has 1 aliphatic heterocycles. The lowest BCUT2D eigenvalue weighted by Crippen LogP contribution is -2.49. The average molecular weight is 618 g/mol. The third-order valence-electron chi connectivity index (χ3n) is 8.74. The van der Waals surface area contributed by atoms with Crippen molar-refractivity contribution in [2.75, 3.05) is 31.1 Å². The maximum atomic E-state index is 13.7. The summed E-state index contributed by atoms with van der Waals surface area (Å²) in [6.45, 7) is 7.45. The van der Waals surface area contributed by atoms with Gasteiger partial charge in [-0.2, -0.15) is 0 Å². The molecule has 0 saturated carbocycles. The van der Waals surface area contributed by atoms with Gasteiger partial charge in [-0.15, -0.1) is 0 Å². The molecule has 2 amide bonds. The molecule has 1 heterocycles. The standard InChI is InChI=1S/C39H43N3O4/c1-39(2,3)35(38(45)46)42-26-23-32-33(20-13-21-34(32)42)36(43)40-24-27-41(37(44)30-18-11-6-12-19-30)25-22-31(28-14-7-4-8-15-28)29-16-9-5-10-17-29/h4-21,31,35H,22-27H2,1-3H3,(H,40,43)(H,45,46). The summed E-state index contributed by atoms with van der Waals surface area (Å²) in [5, 5.41) is 13.1. The van der Waals surface area contributed by atoms with Crippen molar-refractivity contribution in [2.45, 2.75) is 45.6 Å². The Morgan fingerprint density at radius 1 is 0.804 bits per heavy atom. The average Bonchev–Trinajstić information content (AvgIpc) is 3.47. The summed E-state index contributed by atoms with van der Waals surface area (Å²) in [6, 6.07) is 34.7. The summed E-state index contributed by atoms with van der Waals surface area (Å²) in [6.07, 6.45) is 1.32. The topological polar surface area (TPSA) is 89.9 Å². The second kappa shape index (κ2) is 14.5. The molecule has 0 aliphatic carbocycles. The Labute approximate surface area is 271 Å². The number of nitrogens with zero attached hydrogens (tertiary/aromatic N) is 2. The Balaban J connectivity index is 1.31. The van der Waals surface area contributed by atoms with Crippen LogP contribution in [0.2, 0.25) is 0 Å². The molecule has 0 fully saturated rings. The number of hydrogen-bond donors (Lipinski definition) is 2. The van der Waals surface area contributed by atoms with E-state index in [-0.39, 0.29) is 24.3 Å². The molecular weight excluding hydrogens is 574 g/mol. The molecule has 0 spiro atoms. The fourth-order valence-electron chi connectivity index (χ4n) is 6.57. The van der Waals surface area contributed by atoms with E-state index in [9.17, 15) is 19.5 Å². The van der Waals surface area contributed by atoms with Gasteiger partial charge in [0.15, 0.2) is 0 Å². The minimum Gasteiger partial charge on any atom is -0.480 e. The summed E-state index contributed by atoms with van der Waals surface area (Å²) >= 11 is 0. The summed E-state index contributed by atoms with van der Waals surface area (Å²) < 4.78 is 0. The predicted octanol–water partition coefficient (Wildman–Crippen LogP) is 6.64. The van der Waals surface area contributed by atoms with Gasteiger partial charge in [0, 0.05) is 48.9 Å². The molecule has 1 atom stereocenters. The third kappa shape index (κ3) is 7.48. The van der Waals surface area contributed by atoms with Gasteiger partial charge in [0.1, 0.15) is 6.04 Å². The molecule has 238 valence electrons. The van der Waals surface area contributed by atoms with Gasteiger partial charge >= 0.3 is 5.97 Å². The van der Waals surface area contributed by atoms with Crippen LogP contribution in [0.15, 0.2) is 109 Å². The number of rotatable bonds is 12. The number of carboxylic acid groups (broad SMARTS) is 1. The van der Waals surface area contributed by atoms with Crippen molar-refractivity contribution in [1.29, 1.82) is 0 Å². The van der Waals surface area contributed by atoms with E-state index < -0.39 is 17.4 Å². The van der Waals surface area contributed by atoms with Crippen molar-refractivity contribution in [2.24, 2.45) is 5.41 Å². The van der Waals surface area contributed by atoms with E-state index in [0.29, 0.717) is 37.2 Å². The van der Waals surface area contributed by atoms with E-state index in [1.54, 1.807) is 6.07 Å². The van der Waals surface area contributed by atoms with Gasteiger partial charge in [0.2, 0.25) is 0 Å². The summed E-state index contributed by atoms with van der Waals surface area (Å²) in [7, 11) is 0. The van der Waals surface area contributed by atoms with Crippen molar-refractivity contribution in [3.8, 4) is 0 Å². The van der Waals surface area contributed by atoms with Crippen LogP contribution in [0.3, 0.4) is 0 Å². The Morgan fingerprint density at radius 2 is 1.39 bits per heavy atom. The van der Waals surface area contributed by atoms with Crippen LogP contribution in [0, 0.1) is 5.41 Å². The Kier molecular flexibility index (Phi) is 10.2. The quantitative estimate of drug-likeness (QED) is 0.186. The molecule has 0 radical (unpaired) electrons. The molecule has 46 heavy (non-hydrogen) atoms. The number of hydrogen-bond acceptors (Lipinski definition) is 4. The van der Waals surface area contributed by atoms with Crippen LogP contribution in [0.4, 0.5) is 5.69 Å². The van der Waals surface area contributed by atoms with E-state index >= 15 is 0 Å². The second-order valence-corrected chi connectivity index (χ2v) is 12.9. The number of carbonyl (C=O) groups excluding carboxylic acids is 2. The SMILES string of the molecule is CC(C)(C)C(C(=O)O)N1CCc2c(C(=O)NCCN(CCC(c3ccccc3)c3ccccc3)C(=O)c3ccccc3)cccc21. The highest BCUT2D eigenvalue weighted by Crippen LogP contribution is 2.37. The van der Waals surface area contributed by atoms with Crippen LogP contribution in [0.1, 0.15) is 70.5 Å². The van der Waals surface area contributed by atoms with E-state index in [1.807, 2.05) is 109 Å². The largest absolute Gasteiger partial charge is 0.480 e. The fourth-order valence-corrected chi connectivity index (χ4v) is 6.57. The zero-order valence-electron chi connectivity index (χ0n) is 26.9. The number of amides is 2. The number of anilines is 1. The maximum Gasteiger partial charge on any atom is 0.326 e. The van der Waals surface area contributed by atoms with Crippen LogP contribution >= 0.6 is 0 Å². The van der Waals surface area contributed by atoms with Crippen LogP contribution in [-0.2, 0) is 11.2 Å². The predicted molar refractivity (Wildman–Crippen MR) is 182 cm³/mol. The van der Waals surface area contributed by atoms with Crippen LogP contribution in [0.5, 0.6) is 0 Å². The number of carboxylic acids is 1. The Bertz CT molecular complexity index is 1600. The number of aliphatic carboxylic acids is 1. The number of benzene rings is 4. The molecule has 4 aromatic carbocycles. The first-order valence-electron chi connectivity index (χ1n) is 16.0. The van der Waals surface area contributed by atoms with Crippen molar-refractivity contribution in [1.82, 2.24) is 10.2 Å². The zero-order chi connectivity index (χ0) is 32.7. The lowest BCUT2D eigenvalue weighted by molar-refractivity contribution is -0.141. The molecule has 7 heteroatoms. The van der Waals surface area contributed by atoms with Crippen molar-refractivity contribution >= 4 is 23.5 Å². The van der Waals surface area contributed by atoms with Crippen LogP contribution in [0.25, 0.3) is 0 Å². The smallest absolute Gasteiger partial charge is 0.326 e. The van der Waals surface area contributed by atoms with Crippen molar-refractivity contribution in [3.63, 3.8) is 0 Å². The van der Waals surface area contributed by atoms with Gasteiger partial charge in [-0.25, -0.2) is 4.79 Å². The highest BCUT2D eigenvalue weighted by molar-refractivity contribution is 5.98. The van der Waals surface area contributed by atoms with Crippen LogP contribution < -0.4 is 10.2 Å². The first-order chi connectivity index (χ1) is 22.1. The Morgan fingerprint density at radius 3 is 1.96 bits per heavy atom. The normalized spacial score (nSPS) is 13.3. The molecular formula is C39H43N3O4. The minimum absolute atomic E-state index is 0.0761. The molecule has 1 unspecified atom stereocenters. The van der Waals surface area contributed by atoms with Gasteiger partial charge in [-0.3, -0.25) is 9.59 Å². The number of nitrogens with one attached hydrogen (secondary N) is 1. The zero-order valence-corrected chi connectivity index (χ0v) is 26.9. The molecule has 0 bridgehead atoms. The Hall–Kier alpha value is -4.91. The minimum atomic E-state index is -0.875. The summed E-state index contributed by atoms with van der Waals surface area (Å²) in [4.78, 5) is 43.2. The third-order valence-corrected chi connectivity index (χ3v) is 8.74. The molecule has 0 aromatic heterocycles. The van der Waals surface area contributed by atoms with Crippen molar-refractivity contribution < 1.29 is 19.5 Å². The monoisotopic (exact) mass is 617 g/mol. The first kappa shape index (κ1) is 32.5. The lowest BCUT2D eigenvalue weighted by atomic mass is 9.85. The van der Waals surface area contributed by atoms with Gasteiger partial charge < -0.3 is 20.2 Å². The van der Waals surface area contributed by atoms with E-state index in [2.05, 4.69) is 29.6 Å². The van der Waals surface area contributed by atoms with Gasteiger partial charge in [-0.05, 0) is 59.2 Å². The second-order valence-electron chi connectivity index (χ2n) is 12.9. The first-order valence-corrected chi connectivity index (χ1v) is 16.0. The molecule has 4 aromatic rings. The van der Waals surface area contributed by atoms with Gasteiger partial charge in [0.25, 0.3) is 11.8 Å². The summed E-state index contributed by atoms with van der Waals surface area (Å²) in [5.41, 5.74) is 4.71. The number of carbonyl (C=O) groups is 3. The lowest BCUT2D eigenvalue weighted by Gasteiger charge is -2.36. The maximum absolute atomic E-state index is 13.7. The molecule has 5 rings (SSSR count). The highest BCUT2D eigenvalue weighted by atomic mass is 16.4. The van der Waals surface area contributed by atoms with Crippen molar-refractivity contribution in [3.05, 3.63) is 137 Å². The van der Waals surface area contributed by atoms with Crippen LogP contribution in [-0.4, -0.2) is 60.0 Å². The molecule has 7 nitrogen and oxygen atoms in total. The summed E-state index contributed by atoms with van der Waals surface area (Å²) in [5.74, 6) is -1.06. The van der Waals surface area contributed by atoms with Gasteiger partial charge in [-0.1, -0.05) is 106 Å². The molecule has 2 N–H and O–H groups in total. The van der Waals surface area contributed by atoms with E-state index in [0.717, 1.165) is 17.7 Å². The van der Waals surface area contributed by atoms with Gasteiger partial charge in [0.05, 0.1) is 0 Å². The highest BCUT2D eigenvalue weighted by Gasteiger charge is 2.40. The number of fused-ring (bicyclic) bond motifs is 1.